The Kier molecular flexibility index (Phi) is 6.21. The van der Waals surface area contributed by atoms with Crippen LogP contribution in [0.3, 0.4) is 0 Å². The van der Waals surface area contributed by atoms with E-state index in [1.54, 1.807) is 0 Å². The van der Waals surface area contributed by atoms with Gasteiger partial charge in [-0.3, -0.25) is 0 Å². The summed E-state index contributed by atoms with van der Waals surface area (Å²) in [5.41, 5.74) is 25.9. The zero-order valence-corrected chi connectivity index (χ0v) is 21.0. The highest BCUT2D eigenvalue weighted by molar-refractivity contribution is 6.14. The Bertz CT molecular complexity index is 1690. The van der Waals surface area contributed by atoms with E-state index in [1.165, 1.54) is 0 Å². The van der Waals surface area contributed by atoms with Crippen molar-refractivity contribution < 1.29 is 0 Å². The third kappa shape index (κ3) is 4.12. The van der Waals surface area contributed by atoms with Gasteiger partial charge in [-0.1, -0.05) is 140 Å². The van der Waals surface area contributed by atoms with Crippen LogP contribution in [0.2, 0.25) is 0 Å². The number of hydrogen-bond acceptors (Lipinski definition) is 2. The maximum absolute atomic E-state index is 7.28. The molecular formula is C36H28N2. The van der Waals surface area contributed by atoms with Crippen LogP contribution >= 0.6 is 0 Å². The summed E-state index contributed by atoms with van der Waals surface area (Å²) in [5, 5.41) is 0. The van der Waals surface area contributed by atoms with Gasteiger partial charge in [-0.15, -0.1) is 0 Å². The van der Waals surface area contributed by atoms with Crippen LogP contribution in [0.15, 0.2) is 146 Å². The molecule has 6 rings (SSSR count). The lowest BCUT2D eigenvalue weighted by Crippen LogP contribution is -2.04. The number of rotatable bonds is 5. The smallest absolute Gasteiger partial charge is 0.0487 e. The van der Waals surface area contributed by atoms with E-state index < -0.39 is 0 Å². The van der Waals surface area contributed by atoms with E-state index in [0.29, 0.717) is 11.4 Å². The fourth-order valence-electron chi connectivity index (χ4n) is 5.36. The van der Waals surface area contributed by atoms with Crippen LogP contribution in [0.25, 0.3) is 55.6 Å². The second kappa shape index (κ2) is 10.1. The fourth-order valence-corrected chi connectivity index (χ4v) is 5.36. The number of anilines is 2. The molecule has 0 spiro atoms. The molecule has 38 heavy (non-hydrogen) atoms. The minimum absolute atomic E-state index is 0.696. The summed E-state index contributed by atoms with van der Waals surface area (Å²) in [6.07, 6.45) is 0. The lowest BCUT2D eigenvalue weighted by atomic mass is 9.77. The highest BCUT2D eigenvalue weighted by atomic mass is 14.6. The van der Waals surface area contributed by atoms with Gasteiger partial charge < -0.3 is 11.5 Å². The molecule has 4 N–H and O–H groups in total. The summed E-state index contributed by atoms with van der Waals surface area (Å²) in [6, 6.07) is 50.1. The second-order valence-corrected chi connectivity index (χ2v) is 9.34. The number of benzene rings is 6. The van der Waals surface area contributed by atoms with Gasteiger partial charge in [0.25, 0.3) is 0 Å². The van der Waals surface area contributed by atoms with Crippen molar-refractivity contribution in [3.05, 3.63) is 146 Å². The van der Waals surface area contributed by atoms with Crippen LogP contribution in [0.1, 0.15) is 0 Å². The van der Waals surface area contributed by atoms with Crippen LogP contribution in [-0.4, -0.2) is 0 Å². The Hall–Kier alpha value is -5.08. The summed E-state index contributed by atoms with van der Waals surface area (Å²) in [5.74, 6) is 0. The van der Waals surface area contributed by atoms with Gasteiger partial charge in [-0.2, -0.15) is 0 Å². The Morgan fingerprint density at radius 1 is 0.289 bits per heavy atom. The van der Waals surface area contributed by atoms with Crippen molar-refractivity contribution >= 4 is 11.4 Å². The quantitative estimate of drug-likeness (QED) is 0.238. The zero-order chi connectivity index (χ0) is 25.9. The molecule has 0 aliphatic rings. The first-order valence-corrected chi connectivity index (χ1v) is 12.8. The molecule has 182 valence electrons. The molecule has 0 saturated heterocycles. The Balaban J connectivity index is 1.90. The van der Waals surface area contributed by atoms with E-state index in [9.17, 15) is 0 Å². The van der Waals surface area contributed by atoms with Crippen molar-refractivity contribution in [3.63, 3.8) is 0 Å². The lowest BCUT2D eigenvalue weighted by Gasteiger charge is -2.27. The van der Waals surface area contributed by atoms with Crippen LogP contribution in [0.4, 0.5) is 11.4 Å². The van der Waals surface area contributed by atoms with E-state index in [1.807, 2.05) is 36.4 Å². The van der Waals surface area contributed by atoms with Gasteiger partial charge >= 0.3 is 0 Å². The van der Waals surface area contributed by atoms with Crippen molar-refractivity contribution in [2.24, 2.45) is 0 Å². The minimum atomic E-state index is 0.696. The average Bonchev–Trinajstić information content (AvgIpc) is 2.99. The topological polar surface area (TPSA) is 52.0 Å². The van der Waals surface area contributed by atoms with Crippen molar-refractivity contribution in [3.8, 4) is 55.6 Å². The maximum atomic E-state index is 7.28. The van der Waals surface area contributed by atoms with E-state index in [0.717, 1.165) is 55.6 Å². The molecule has 2 heteroatoms. The largest absolute Gasteiger partial charge is 0.398 e. The maximum Gasteiger partial charge on any atom is 0.0487 e. The molecule has 0 radical (unpaired) electrons. The molecule has 6 aromatic carbocycles. The SMILES string of the molecule is Nc1ccccc1-c1c(N)c(-c2ccccc2)c(-c2ccccc2)c(-c2ccccc2)c1-c1ccccc1. The Morgan fingerprint density at radius 3 is 1.03 bits per heavy atom. The molecule has 0 amide bonds. The average molecular weight is 489 g/mol. The molecule has 0 fully saturated rings. The Morgan fingerprint density at radius 2 is 0.605 bits per heavy atom. The summed E-state index contributed by atoms with van der Waals surface area (Å²) >= 11 is 0. The number of nitrogens with two attached hydrogens (primary N) is 2. The standard InChI is InChI=1S/C36H28N2/c37-30-24-14-13-23-29(30)35-33(27-19-9-3-10-20-27)31(25-15-5-1-6-16-25)32(26-17-7-2-8-18-26)34(36(35)38)28-21-11-4-12-22-28/h1-24H,37-38H2. The van der Waals surface area contributed by atoms with Gasteiger partial charge in [0.05, 0.1) is 0 Å². The number of para-hydroxylation sites is 1. The predicted molar refractivity (Wildman–Crippen MR) is 162 cm³/mol. The highest BCUT2D eigenvalue weighted by Gasteiger charge is 2.27. The van der Waals surface area contributed by atoms with Crippen LogP contribution in [0.5, 0.6) is 0 Å². The van der Waals surface area contributed by atoms with Gasteiger partial charge in [0.15, 0.2) is 0 Å². The van der Waals surface area contributed by atoms with Crippen LogP contribution in [-0.2, 0) is 0 Å². The molecule has 0 unspecified atom stereocenters. The normalized spacial score (nSPS) is 10.8. The molecule has 0 saturated carbocycles. The molecule has 0 bridgehead atoms. The molecule has 6 aromatic rings. The van der Waals surface area contributed by atoms with Crippen LogP contribution < -0.4 is 11.5 Å². The highest BCUT2D eigenvalue weighted by Crippen LogP contribution is 2.54. The number of nitrogen functional groups attached to an aromatic ring is 2. The van der Waals surface area contributed by atoms with Crippen molar-refractivity contribution in [2.75, 3.05) is 11.5 Å². The number of hydrogen-bond donors (Lipinski definition) is 2. The van der Waals surface area contributed by atoms with Gasteiger partial charge in [0.2, 0.25) is 0 Å². The van der Waals surface area contributed by atoms with E-state index in [4.69, 9.17) is 11.5 Å². The molecule has 0 aliphatic carbocycles. The van der Waals surface area contributed by atoms with Gasteiger partial charge in [0, 0.05) is 39.2 Å². The van der Waals surface area contributed by atoms with Crippen LogP contribution in [0, 0.1) is 0 Å². The van der Waals surface area contributed by atoms with Crippen molar-refractivity contribution in [1.29, 1.82) is 0 Å². The lowest BCUT2D eigenvalue weighted by molar-refractivity contribution is 1.52. The van der Waals surface area contributed by atoms with Gasteiger partial charge in [0.1, 0.15) is 0 Å². The fraction of sp³-hybridized carbons (Fsp3) is 0. The van der Waals surface area contributed by atoms with Gasteiger partial charge in [-0.05, 0) is 33.9 Å². The summed E-state index contributed by atoms with van der Waals surface area (Å²) < 4.78 is 0. The predicted octanol–water partition coefficient (Wildman–Crippen LogP) is 9.19. The molecule has 0 atom stereocenters. The first-order chi connectivity index (χ1) is 18.7. The van der Waals surface area contributed by atoms with E-state index in [-0.39, 0.29) is 0 Å². The molecular weight excluding hydrogens is 460 g/mol. The first kappa shape index (κ1) is 23.3. The van der Waals surface area contributed by atoms with Crippen molar-refractivity contribution in [2.45, 2.75) is 0 Å². The molecule has 0 heterocycles. The zero-order valence-electron chi connectivity index (χ0n) is 21.0. The monoisotopic (exact) mass is 488 g/mol. The minimum Gasteiger partial charge on any atom is -0.398 e. The molecule has 2 nitrogen and oxygen atoms in total. The summed E-state index contributed by atoms with van der Waals surface area (Å²) in [7, 11) is 0. The van der Waals surface area contributed by atoms with E-state index >= 15 is 0 Å². The van der Waals surface area contributed by atoms with Gasteiger partial charge in [-0.25, -0.2) is 0 Å². The molecule has 0 aromatic heterocycles. The molecule has 0 aliphatic heterocycles. The summed E-state index contributed by atoms with van der Waals surface area (Å²) in [4.78, 5) is 0. The third-order valence-electron chi connectivity index (χ3n) is 7.02. The van der Waals surface area contributed by atoms with Crippen molar-refractivity contribution in [1.82, 2.24) is 0 Å². The third-order valence-corrected chi connectivity index (χ3v) is 7.02. The van der Waals surface area contributed by atoms with E-state index in [2.05, 4.69) is 109 Å². The first-order valence-electron chi connectivity index (χ1n) is 12.8. The summed E-state index contributed by atoms with van der Waals surface area (Å²) in [6.45, 7) is 0. The second-order valence-electron chi connectivity index (χ2n) is 9.34. The Labute approximate surface area is 223 Å².